The van der Waals surface area contributed by atoms with E-state index in [-0.39, 0.29) is 12.1 Å². The van der Waals surface area contributed by atoms with Gasteiger partial charge in [-0.3, -0.25) is 4.90 Å². The Morgan fingerprint density at radius 1 is 1.38 bits per heavy atom. The molecule has 2 unspecified atom stereocenters. The maximum Gasteiger partial charge on any atom is 0.0858 e. The highest BCUT2D eigenvalue weighted by atomic mass is 35.5. The number of rotatable bonds is 6. The van der Waals surface area contributed by atoms with E-state index in [2.05, 4.69) is 17.1 Å². The van der Waals surface area contributed by atoms with Crippen LogP contribution in [0.5, 0.6) is 0 Å². The molecule has 3 nitrogen and oxygen atoms in total. The molecule has 0 aliphatic carbocycles. The molecule has 0 bridgehead atoms. The van der Waals surface area contributed by atoms with Crippen LogP contribution >= 0.6 is 23.2 Å². The Labute approximate surface area is 137 Å². The van der Waals surface area contributed by atoms with E-state index in [1.807, 2.05) is 25.2 Å². The van der Waals surface area contributed by atoms with Gasteiger partial charge in [-0.2, -0.15) is 0 Å². The van der Waals surface area contributed by atoms with Gasteiger partial charge in [-0.05, 0) is 44.1 Å². The first-order valence-corrected chi connectivity index (χ1v) is 8.34. The van der Waals surface area contributed by atoms with Crippen molar-refractivity contribution in [2.24, 2.45) is 0 Å². The van der Waals surface area contributed by atoms with Crippen LogP contribution < -0.4 is 5.32 Å². The van der Waals surface area contributed by atoms with Crippen molar-refractivity contribution >= 4 is 23.2 Å². The highest BCUT2D eigenvalue weighted by Gasteiger charge is 2.27. The normalized spacial score (nSPS) is 21.4. The SMILES string of the molecule is CCCN1CCOC(C(Cc2ccc(Cl)c(Cl)c2)NC)C1. The van der Waals surface area contributed by atoms with Crippen LogP contribution in [0, 0.1) is 0 Å². The Balaban J connectivity index is 1.99. The zero-order chi connectivity index (χ0) is 15.2. The second-order valence-corrected chi connectivity index (χ2v) is 6.37. The van der Waals surface area contributed by atoms with E-state index < -0.39 is 0 Å². The molecule has 21 heavy (non-hydrogen) atoms. The summed E-state index contributed by atoms with van der Waals surface area (Å²) < 4.78 is 5.97. The van der Waals surface area contributed by atoms with E-state index in [0.29, 0.717) is 10.0 Å². The van der Waals surface area contributed by atoms with Gasteiger partial charge in [0.25, 0.3) is 0 Å². The summed E-state index contributed by atoms with van der Waals surface area (Å²) in [4.78, 5) is 2.48. The molecule has 0 saturated carbocycles. The number of benzene rings is 1. The van der Waals surface area contributed by atoms with Crippen LogP contribution in [0.2, 0.25) is 10.0 Å². The fourth-order valence-corrected chi connectivity index (χ4v) is 3.15. The third kappa shape index (κ3) is 4.83. The lowest BCUT2D eigenvalue weighted by atomic mass is 10.00. The highest BCUT2D eigenvalue weighted by Crippen LogP contribution is 2.24. The molecule has 1 aromatic carbocycles. The molecule has 5 heteroatoms. The van der Waals surface area contributed by atoms with Crippen molar-refractivity contribution < 1.29 is 4.74 Å². The van der Waals surface area contributed by atoms with Crippen LogP contribution in [-0.2, 0) is 11.2 Å². The molecule has 2 atom stereocenters. The lowest BCUT2D eigenvalue weighted by molar-refractivity contribution is -0.0450. The molecule has 1 aliphatic rings. The van der Waals surface area contributed by atoms with E-state index in [9.17, 15) is 0 Å². The van der Waals surface area contributed by atoms with Crippen molar-refractivity contribution in [3.05, 3.63) is 33.8 Å². The smallest absolute Gasteiger partial charge is 0.0858 e. The van der Waals surface area contributed by atoms with Crippen molar-refractivity contribution in [2.45, 2.75) is 31.9 Å². The van der Waals surface area contributed by atoms with E-state index >= 15 is 0 Å². The van der Waals surface area contributed by atoms with Gasteiger partial charge in [0, 0.05) is 19.1 Å². The fraction of sp³-hybridized carbons (Fsp3) is 0.625. The third-order valence-corrected chi connectivity index (χ3v) is 4.72. The Kier molecular flexibility index (Phi) is 6.77. The molecule has 0 radical (unpaired) electrons. The number of morpholine rings is 1. The summed E-state index contributed by atoms with van der Waals surface area (Å²) >= 11 is 12.1. The first kappa shape index (κ1) is 17.0. The molecule has 2 rings (SSSR count). The van der Waals surface area contributed by atoms with E-state index in [1.54, 1.807) is 0 Å². The van der Waals surface area contributed by atoms with Crippen molar-refractivity contribution in [1.29, 1.82) is 0 Å². The number of hydrogen-bond acceptors (Lipinski definition) is 3. The molecular formula is C16H24Cl2N2O. The van der Waals surface area contributed by atoms with Crippen molar-refractivity contribution in [2.75, 3.05) is 33.3 Å². The van der Waals surface area contributed by atoms with Gasteiger partial charge in [0.15, 0.2) is 0 Å². The van der Waals surface area contributed by atoms with Gasteiger partial charge in [0.05, 0.1) is 22.8 Å². The summed E-state index contributed by atoms with van der Waals surface area (Å²) in [5.41, 5.74) is 1.18. The summed E-state index contributed by atoms with van der Waals surface area (Å²) in [7, 11) is 1.99. The Morgan fingerprint density at radius 3 is 2.86 bits per heavy atom. The first-order valence-electron chi connectivity index (χ1n) is 7.59. The van der Waals surface area contributed by atoms with Gasteiger partial charge in [-0.1, -0.05) is 36.2 Å². The van der Waals surface area contributed by atoms with Gasteiger partial charge >= 0.3 is 0 Å². The van der Waals surface area contributed by atoms with Gasteiger partial charge in [0.2, 0.25) is 0 Å². The minimum absolute atomic E-state index is 0.213. The molecular weight excluding hydrogens is 307 g/mol. The van der Waals surface area contributed by atoms with Crippen LogP contribution in [-0.4, -0.2) is 50.3 Å². The van der Waals surface area contributed by atoms with Crippen LogP contribution in [0.1, 0.15) is 18.9 Å². The van der Waals surface area contributed by atoms with Crippen molar-refractivity contribution in [3.63, 3.8) is 0 Å². The molecule has 1 aliphatic heterocycles. The quantitative estimate of drug-likeness (QED) is 0.866. The van der Waals surface area contributed by atoms with Gasteiger partial charge in [0.1, 0.15) is 0 Å². The average molecular weight is 331 g/mol. The standard InChI is InChI=1S/C16H24Cl2N2O/c1-3-6-20-7-8-21-16(11-20)15(19-2)10-12-4-5-13(17)14(18)9-12/h4-5,9,15-16,19H,3,6-8,10-11H2,1-2H3. The van der Waals surface area contributed by atoms with Crippen LogP contribution in [0.15, 0.2) is 18.2 Å². The highest BCUT2D eigenvalue weighted by molar-refractivity contribution is 6.42. The predicted molar refractivity (Wildman–Crippen MR) is 89.5 cm³/mol. The number of nitrogens with zero attached hydrogens (tertiary/aromatic N) is 1. The Morgan fingerprint density at radius 2 is 2.19 bits per heavy atom. The predicted octanol–water partition coefficient (Wildman–Crippen LogP) is 3.23. The number of ether oxygens (including phenoxy) is 1. The van der Waals surface area contributed by atoms with Crippen LogP contribution in [0.4, 0.5) is 0 Å². The number of likely N-dealkylation sites (N-methyl/N-ethyl adjacent to an activating group) is 1. The molecule has 0 spiro atoms. The molecule has 1 aromatic rings. The fourth-order valence-electron chi connectivity index (χ4n) is 2.83. The largest absolute Gasteiger partial charge is 0.374 e. The van der Waals surface area contributed by atoms with Crippen molar-refractivity contribution in [1.82, 2.24) is 10.2 Å². The summed E-state index contributed by atoms with van der Waals surface area (Å²) in [5, 5.41) is 4.60. The molecule has 1 fully saturated rings. The molecule has 1 saturated heterocycles. The van der Waals surface area contributed by atoms with E-state index in [1.165, 1.54) is 12.0 Å². The lowest BCUT2D eigenvalue weighted by Crippen LogP contribution is -2.52. The molecule has 0 aromatic heterocycles. The molecule has 1 heterocycles. The summed E-state index contributed by atoms with van der Waals surface area (Å²) in [6.45, 7) is 6.19. The lowest BCUT2D eigenvalue weighted by Gasteiger charge is -2.37. The summed E-state index contributed by atoms with van der Waals surface area (Å²) in [6.07, 6.45) is 2.28. The average Bonchev–Trinajstić information content (AvgIpc) is 2.49. The molecule has 1 N–H and O–H groups in total. The second kappa shape index (κ2) is 8.35. The zero-order valence-corrected chi connectivity index (χ0v) is 14.3. The molecule has 118 valence electrons. The Bertz CT molecular complexity index is 454. The number of hydrogen-bond donors (Lipinski definition) is 1. The topological polar surface area (TPSA) is 24.5 Å². The van der Waals surface area contributed by atoms with Gasteiger partial charge in [-0.25, -0.2) is 0 Å². The number of halogens is 2. The maximum absolute atomic E-state index is 6.10. The zero-order valence-electron chi connectivity index (χ0n) is 12.7. The van der Waals surface area contributed by atoms with Crippen LogP contribution in [0.25, 0.3) is 0 Å². The first-order chi connectivity index (χ1) is 10.1. The second-order valence-electron chi connectivity index (χ2n) is 5.56. The summed E-state index contributed by atoms with van der Waals surface area (Å²) in [6, 6.07) is 6.12. The van der Waals surface area contributed by atoms with Crippen molar-refractivity contribution in [3.8, 4) is 0 Å². The van der Waals surface area contributed by atoms with Gasteiger partial charge in [-0.15, -0.1) is 0 Å². The van der Waals surface area contributed by atoms with Gasteiger partial charge < -0.3 is 10.1 Å². The maximum atomic E-state index is 6.10. The summed E-state index contributed by atoms with van der Waals surface area (Å²) in [5.74, 6) is 0. The minimum atomic E-state index is 0.213. The van der Waals surface area contributed by atoms with E-state index in [0.717, 1.165) is 32.7 Å². The minimum Gasteiger partial charge on any atom is -0.374 e. The van der Waals surface area contributed by atoms with Crippen LogP contribution in [0.3, 0.4) is 0 Å². The molecule has 0 amide bonds. The number of nitrogens with one attached hydrogen (secondary N) is 1. The Hall–Kier alpha value is -0.320. The third-order valence-electron chi connectivity index (χ3n) is 3.98. The van der Waals surface area contributed by atoms with E-state index in [4.69, 9.17) is 27.9 Å². The monoisotopic (exact) mass is 330 g/mol.